The highest BCUT2D eigenvalue weighted by molar-refractivity contribution is 9.09. The van der Waals surface area contributed by atoms with Crippen molar-refractivity contribution in [3.63, 3.8) is 0 Å². The molecule has 7 nitrogen and oxygen atoms in total. The van der Waals surface area contributed by atoms with Crippen LogP contribution < -0.4 is 21.5 Å². The lowest BCUT2D eigenvalue weighted by molar-refractivity contribution is -0.117. The molecule has 2 amide bonds. The van der Waals surface area contributed by atoms with E-state index in [-0.39, 0.29) is 29.2 Å². The summed E-state index contributed by atoms with van der Waals surface area (Å²) < 4.78 is 5.22. The van der Waals surface area contributed by atoms with Gasteiger partial charge in [0.2, 0.25) is 5.91 Å². The van der Waals surface area contributed by atoms with Crippen LogP contribution in [0.25, 0.3) is 0 Å². The average Bonchev–Trinajstić information content (AvgIpc) is 3.29. The van der Waals surface area contributed by atoms with E-state index >= 15 is 0 Å². The molecule has 8 heteroatoms. The highest BCUT2D eigenvalue weighted by Crippen LogP contribution is 2.23. The number of carbonyl (C=O) groups is 2. The third-order valence-corrected chi connectivity index (χ3v) is 5.60. The van der Waals surface area contributed by atoms with Crippen LogP contribution in [0.15, 0.2) is 47.1 Å². The van der Waals surface area contributed by atoms with Gasteiger partial charge in [-0.25, -0.2) is 5.43 Å². The summed E-state index contributed by atoms with van der Waals surface area (Å²) >= 11 is 3.60. The molecule has 2 heterocycles. The van der Waals surface area contributed by atoms with E-state index in [4.69, 9.17) is 4.42 Å². The molecule has 0 bridgehead atoms. The first-order chi connectivity index (χ1) is 13.0. The molecule has 3 atom stereocenters. The van der Waals surface area contributed by atoms with Gasteiger partial charge in [-0.05, 0) is 30.2 Å². The van der Waals surface area contributed by atoms with E-state index in [1.807, 2.05) is 0 Å². The fourth-order valence-electron chi connectivity index (χ4n) is 2.97. The summed E-state index contributed by atoms with van der Waals surface area (Å²) in [6, 6.07) is 10.2. The van der Waals surface area contributed by atoms with Gasteiger partial charge in [0.25, 0.3) is 5.91 Å². The van der Waals surface area contributed by atoms with Crippen LogP contribution in [0.3, 0.4) is 0 Å². The lowest BCUT2D eigenvalue weighted by Crippen LogP contribution is -2.42. The largest absolute Gasteiger partial charge is 0.467 e. The summed E-state index contributed by atoms with van der Waals surface area (Å²) in [6.07, 6.45) is 1.55. The van der Waals surface area contributed by atoms with Crippen LogP contribution in [-0.2, 0) is 11.3 Å². The molecule has 4 N–H and O–H groups in total. The van der Waals surface area contributed by atoms with Gasteiger partial charge < -0.3 is 15.1 Å². The van der Waals surface area contributed by atoms with Gasteiger partial charge in [-0.2, -0.15) is 0 Å². The number of benzene rings is 1. The Labute approximate surface area is 166 Å². The fourth-order valence-corrected chi connectivity index (χ4v) is 4.09. The van der Waals surface area contributed by atoms with Gasteiger partial charge in [-0.3, -0.25) is 15.0 Å². The third-order valence-electron chi connectivity index (χ3n) is 4.50. The van der Waals surface area contributed by atoms with E-state index in [1.165, 1.54) is 0 Å². The third kappa shape index (κ3) is 4.58. The van der Waals surface area contributed by atoms with E-state index in [0.29, 0.717) is 22.9 Å². The van der Waals surface area contributed by atoms with Crippen molar-refractivity contribution in [1.29, 1.82) is 0 Å². The first kappa shape index (κ1) is 19.6. The standard InChI is InChI=1S/C19H23BrN4O3/c1-11(2)16-15(20)17(24-23-16)19(26)22-14-8-4-3-7-13(14)18(25)21-10-12-6-5-9-27-12/h3-9,11,15-17,23-24H,10H2,1-2H3,(H,21,25)(H,22,26). The minimum atomic E-state index is -0.448. The molecule has 1 aliphatic heterocycles. The van der Waals surface area contributed by atoms with Crippen molar-refractivity contribution in [1.82, 2.24) is 16.2 Å². The molecule has 3 unspecified atom stereocenters. The van der Waals surface area contributed by atoms with Crippen LogP contribution in [0.2, 0.25) is 0 Å². The number of anilines is 1. The van der Waals surface area contributed by atoms with Crippen molar-refractivity contribution in [3.05, 3.63) is 54.0 Å². The molecule has 0 radical (unpaired) electrons. The summed E-state index contributed by atoms with van der Waals surface area (Å²) in [6.45, 7) is 4.46. The number of carbonyl (C=O) groups excluding carboxylic acids is 2. The number of halogens is 1. The second kappa shape index (κ2) is 8.69. The van der Waals surface area contributed by atoms with Gasteiger partial charge in [0.1, 0.15) is 11.8 Å². The number of para-hydroxylation sites is 1. The Kier molecular flexibility index (Phi) is 6.30. The molecule has 3 rings (SSSR count). The van der Waals surface area contributed by atoms with Gasteiger partial charge in [0, 0.05) is 6.04 Å². The number of hydrogen-bond acceptors (Lipinski definition) is 5. The molecule has 1 saturated heterocycles. The Balaban J connectivity index is 1.67. The van der Waals surface area contributed by atoms with Crippen LogP contribution in [0, 0.1) is 5.92 Å². The monoisotopic (exact) mass is 434 g/mol. The molecule has 0 spiro atoms. The smallest absolute Gasteiger partial charge is 0.253 e. The predicted molar refractivity (Wildman–Crippen MR) is 106 cm³/mol. The Bertz CT molecular complexity index is 794. The molecule has 27 heavy (non-hydrogen) atoms. The Hall–Kier alpha value is -2.16. The maximum absolute atomic E-state index is 12.7. The number of hydrazine groups is 1. The van der Waals surface area contributed by atoms with Gasteiger partial charge in [0.05, 0.1) is 28.9 Å². The Morgan fingerprint density at radius 3 is 2.63 bits per heavy atom. The molecule has 144 valence electrons. The molecule has 1 fully saturated rings. The van der Waals surface area contributed by atoms with Crippen LogP contribution in [0.4, 0.5) is 5.69 Å². The van der Waals surface area contributed by atoms with Crippen molar-refractivity contribution >= 4 is 33.4 Å². The van der Waals surface area contributed by atoms with Gasteiger partial charge in [0.15, 0.2) is 0 Å². The Morgan fingerprint density at radius 1 is 1.19 bits per heavy atom. The van der Waals surface area contributed by atoms with Crippen LogP contribution in [0.1, 0.15) is 30.0 Å². The average molecular weight is 435 g/mol. The lowest BCUT2D eigenvalue weighted by Gasteiger charge is -2.20. The molecular weight excluding hydrogens is 412 g/mol. The number of furan rings is 1. The lowest BCUT2D eigenvalue weighted by atomic mass is 9.99. The normalized spacial score (nSPS) is 22.0. The summed E-state index contributed by atoms with van der Waals surface area (Å²) in [4.78, 5) is 25.2. The van der Waals surface area contributed by atoms with Gasteiger partial charge in [-0.15, -0.1) is 0 Å². The molecular formula is C19H23BrN4O3. The first-order valence-electron chi connectivity index (χ1n) is 8.83. The summed E-state index contributed by atoms with van der Waals surface area (Å²) in [5.74, 6) is 0.529. The van der Waals surface area contributed by atoms with Crippen LogP contribution >= 0.6 is 15.9 Å². The zero-order valence-corrected chi connectivity index (χ0v) is 16.7. The van der Waals surface area contributed by atoms with Crippen molar-refractivity contribution in [2.45, 2.75) is 37.3 Å². The highest BCUT2D eigenvalue weighted by Gasteiger charge is 2.39. The number of hydrogen-bond donors (Lipinski definition) is 4. The minimum absolute atomic E-state index is 0.0579. The number of alkyl halides is 1. The Morgan fingerprint density at radius 2 is 1.96 bits per heavy atom. The summed E-state index contributed by atoms with van der Waals surface area (Å²) in [5.41, 5.74) is 7.04. The second-order valence-electron chi connectivity index (χ2n) is 6.78. The second-order valence-corrected chi connectivity index (χ2v) is 7.83. The maximum Gasteiger partial charge on any atom is 0.253 e. The molecule has 2 aromatic rings. The fraction of sp³-hybridized carbons (Fsp3) is 0.368. The zero-order chi connectivity index (χ0) is 19.4. The van der Waals surface area contributed by atoms with E-state index < -0.39 is 6.04 Å². The SMILES string of the molecule is CC(C)C1NNC(C(=O)Nc2ccccc2C(=O)NCc2ccco2)C1Br. The van der Waals surface area contributed by atoms with E-state index in [0.717, 1.165) is 0 Å². The van der Waals surface area contributed by atoms with Crippen molar-refractivity contribution in [2.75, 3.05) is 5.32 Å². The van der Waals surface area contributed by atoms with Crippen molar-refractivity contribution < 1.29 is 14.0 Å². The number of amides is 2. The summed E-state index contributed by atoms with van der Waals surface area (Å²) in [7, 11) is 0. The van der Waals surface area contributed by atoms with E-state index in [9.17, 15) is 9.59 Å². The molecule has 1 aromatic carbocycles. The predicted octanol–water partition coefficient (Wildman–Crippen LogP) is 2.41. The van der Waals surface area contributed by atoms with Crippen molar-refractivity contribution in [3.8, 4) is 0 Å². The maximum atomic E-state index is 12.7. The van der Waals surface area contributed by atoms with Gasteiger partial charge >= 0.3 is 0 Å². The van der Waals surface area contributed by atoms with Crippen LogP contribution in [-0.4, -0.2) is 28.7 Å². The zero-order valence-electron chi connectivity index (χ0n) is 15.2. The van der Waals surface area contributed by atoms with E-state index in [1.54, 1.807) is 42.7 Å². The molecule has 1 aromatic heterocycles. The first-order valence-corrected chi connectivity index (χ1v) is 9.74. The minimum Gasteiger partial charge on any atom is -0.467 e. The van der Waals surface area contributed by atoms with Crippen LogP contribution in [0.5, 0.6) is 0 Å². The number of rotatable bonds is 6. The molecule has 1 aliphatic rings. The molecule has 0 aliphatic carbocycles. The highest BCUT2D eigenvalue weighted by atomic mass is 79.9. The summed E-state index contributed by atoms with van der Waals surface area (Å²) in [5, 5.41) is 5.65. The topological polar surface area (TPSA) is 95.4 Å². The van der Waals surface area contributed by atoms with Gasteiger partial charge in [-0.1, -0.05) is 41.9 Å². The quantitative estimate of drug-likeness (QED) is 0.523. The number of nitrogens with one attached hydrogen (secondary N) is 4. The van der Waals surface area contributed by atoms with Crippen molar-refractivity contribution in [2.24, 2.45) is 5.92 Å². The molecule has 0 saturated carbocycles. The van der Waals surface area contributed by atoms with E-state index in [2.05, 4.69) is 51.3 Å².